The van der Waals surface area contributed by atoms with Crippen LogP contribution in [0.5, 0.6) is 0 Å². The Kier molecular flexibility index (Phi) is 3.76. The Morgan fingerprint density at radius 3 is 2.53 bits per heavy atom. The molecule has 1 unspecified atom stereocenters. The van der Waals surface area contributed by atoms with Gasteiger partial charge in [0.1, 0.15) is 4.99 Å². The highest BCUT2D eigenvalue weighted by Gasteiger charge is 2.27. The predicted molar refractivity (Wildman–Crippen MR) is 72.9 cm³/mol. The van der Waals surface area contributed by atoms with Crippen LogP contribution < -0.4 is 5.73 Å². The van der Waals surface area contributed by atoms with E-state index in [1.807, 2.05) is 24.3 Å². The Labute approximate surface area is 107 Å². The summed E-state index contributed by atoms with van der Waals surface area (Å²) in [4.78, 5) is 2.60. The van der Waals surface area contributed by atoms with E-state index in [1.54, 1.807) is 0 Å². The molecule has 2 rings (SSSR count). The van der Waals surface area contributed by atoms with Crippen molar-refractivity contribution in [3.05, 3.63) is 35.4 Å². The summed E-state index contributed by atoms with van der Waals surface area (Å²) in [5.41, 5.74) is 7.28. The highest BCUT2D eigenvalue weighted by atomic mass is 32.1. The molecule has 17 heavy (non-hydrogen) atoms. The molecule has 1 aromatic carbocycles. The van der Waals surface area contributed by atoms with Crippen molar-refractivity contribution in [3.63, 3.8) is 0 Å². The Balaban J connectivity index is 1.98. The summed E-state index contributed by atoms with van der Waals surface area (Å²) in [5, 5.41) is 10.1. The second-order valence-electron chi connectivity index (χ2n) is 4.67. The zero-order valence-electron chi connectivity index (χ0n) is 9.97. The van der Waals surface area contributed by atoms with Crippen LogP contribution in [0.4, 0.5) is 0 Å². The van der Waals surface area contributed by atoms with Gasteiger partial charge in [0, 0.05) is 18.2 Å². The fourth-order valence-electron chi connectivity index (χ4n) is 1.91. The second-order valence-corrected chi connectivity index (χ2v) is 5.11. The number of hydrogen-bond acceptors (Lipinski definition) is 3. The summed E-state index contributed by atoms with van der Waals surface area (Å²) in [7, 11) is 2.06. The van der Waals surface area contributed by atoms with Gasteiger partial charge in [-0.1, -0.05) is 36.5 Å². The molecule has 92 valence electrons. The number of benzene rings is 1. The number of nitrogens with two attached hydrogens (primary N) is 1. The van der Waals surface area contributed by atoms with E-state index >= 15 is 0 Å². The first-order valence-corrected chi connectivity index (χ1v) is 6.27. The lowest BCUT2D eigenvalue weighted by molar-refractivity contribution is 0.123. The topological polar surface area (TPSA) is 49.5 Å². The van der Waals surface area contributed by atoms with Gasteiger partial charge in [-0.2, -0.15) is 0 Å². The molecule has 0 saturated heterocycles. The molecule has 0 amide bonds. The number of aliphatic hydroxyl groups excluding tert-OH is 1. The minimum atomic E-state index is -0.444. The molecular weight excluding hydrogens is 232 g/mol. The third-order valence-corrected chi connectivity index (χ3v) is 3.45. The summed E-state index contributed by atoms with van der Waals surface area (Å²) in [6, 6.07) is 8.16. The Morgan fingerprint density at radius 1 is 1.47 bits per heavy atom. The average molecular weight is 250 g/mol. The third kappa shape index (κ3) is 3.25. The van der Waals surface area contributed by atoms with Crippen molar-refractivity contribution in [1.82, 2.24) is 4.90 Å². The summed E-state index contributed by atoms with van der Waals surface area (Å²) in [5.74, 6) is 0. The van der Waals surface area contributed by atoms with Crippen molar-refractivity contribution >= 4 is 17.2 Å². The van der Waals surface area contributed by atoms with Gasteiger partial charge in [-0.05, 0) is 25.5 Å². The van der Waals surface area contributed by atoms with Gasteiger partial charge < -0.3 is 15.7 Å². The molecule has 4 heteroatoms. The molecule has 1 saturated carbocycles. The van der Waals surface area contributed by atoms with E-state index in [4.69, 9.17) is 18.0 Å². The summed E-state index contributed by atoms with van der Waals surface area (Å²) in [6.07, 6.45) is 2.06. The van der Waals surface area contributed by atoms with Gasteiger partial charge >= 0.3 is 0 Å². The molecule has 3 nitrogen and oxygen atoms in total. The van der Waals surface area contributed by atoms with Crippen molar-refractivity contribution in [2.45, 2.75) is 25.0 Å². The fourth-order valence-corrected chi connectivity index (χ4v) is 2.05. The first-order chi connectivity index (χ1) is 8.08. The van der Waals surface area contributed by atoms with Crippen LogP contribution in [0, 0.1) is 0 Å². The first kappa shape index (κ1) is 12.5. The Hall–Kier alpha value is -0.970. The molecule has 0 spiro atoms. The summed E-state index contributed by atoms with van der Waals surface area (Å²) in [6.45, 7) is 0.678. The summed E-state index contributed by atoms with van der Waals surface area (Å²) >= 11 is 4.89. The number of thiocarbonyl (C=S) groups is 1. The molecule has 0 bridgehead atoms. The molecule has 0 radical (unpaired) electrons. The Morgan fingerprint density at radius 2 is 2.06 bits per heavy atom. The van der Waals surface area contributed by atoms with E-state index in [1.165, 1.54) is 12.8 Å². The quantitative estimate of drug-likeness (QED) is 0.777. The van der Waals surface area contributed by atoms with Crippen molar-refractivity contribution < 1.29 is 5.11 Å². The van der Waals surface area contributed by atoms with E-state index in [2.05, 4.69) is 11.9 Å². The van der Waals surface area contributed by atoms with Crippen LogP contribution in [0.3, 0.4) is 0 Å². The maximum atomic E-state index is 10.1. The van der Waals surface area contributed by atoms with E-state index < -0.39 is 6.10 Å². The number of rotatable bonds is 5. The molecule has 1 aliphatic carbocycles. The number of nitrogens with zero attached hydrogens (tertiary/aromatic N) is 1. The van der Waals surface area contributed by atoms with Crippen molar-refractivity contribution in [2.75, 3.05) is 13.6 Å². The SMILES string of the molecule is CN(CC(O)c1ccc(C(N)=S)cc1)C1CC1. The lowest BCUT2D eigenvalue weighted by Gasteiger charge is -2.20. The predicted octanol–water partition coefficient (Wildman–Crippen LogP) is 1.45. The highest BCUT2D eigenvalue weighted by Crippen LogP contribution is 2.27. The Bertz CT molecular complexity index is 400. The van der Waals surface area contributed by atoms with Crippen LogP contribution in [0.25, 0.3) is 0 Å². The molecule has 1 fully saturated rings. The normalized spacial score (nSPS) is 17.1. The minimum absolute atomic E-state index is 0.390. The monoisotopic (exact) mass is 250 g/mol. The van der Waals surface area contributed by atoms with Crippen molar-refractivity contribution in [1.29, 1.82) is 0 Å². The number of likely N-dealkylation sites (N-methyl/N-ethyl adjacent to an activating group) is 1. The lowest BCUT2D eigenvalue weighted by Crippen LogP contribution is -2.26. The minimum Gasteiger partial charge on any atom is -0.389 e. The van der Waals surface area contributed by atoms with Crippen LogP contribution in [0.1, 0.15) is 30.1 Å². The van der Waals surface area contributed by atoms with Gasteiger partial charge in [0.2, 0.25) is 0 Å². The molecule has 1 aliphatic rings. The van der Waals surface area contributed by atoms with Gasteiger partial charge in [0.15, 0.2) is 0 Å². The van der Waals surface area contributed by atoms with Crippen molar-refractivity contribution in [3.8, 4) is 0 Å². The lowest BCUT2D eigenvalue weighted by atomic mass is 10.1. The first-order valence-electron chi connectivity index (χ1n) is 5.86. The largest absolute Gasteiger partial charge is 0.389 e. The standard InChI is InChI=1S/C13H18N2OS/c1-15(11-6-7-11)8-12(16)9-2-4-10(5-3-9)13(14)17/h2-5,11-12,16H,6-8H2,1H3,(H2,14,17). The molecule has 1 aromatic rings. The maximum absolute atomic E-state index is 10.1. The second kappa shape index (κ2) is 5.12. The van der Waals surface area contributed by atoms with Crippen molar-refractivity contribution in [2.24, 2.45) is 5.73 Å². The highest BCUT2D eigenvalue weighted by molar-refractivity contribution is 7.80. The van der Waals surface area contributed by atoms with Gasteiger partial charge in [-0.3, -0.25) is 0 Å². The molecular formula is C13H18N2OS. The molecule has 0 heterocycles. The van der Waals surface area contributed by atoms with E-state index in [-0.39, 0.29) is 0 Å². The van der Waals surface area contributed by atoms with Crippen LogP contribution in [-0.2, 0) is 0 Å². The van der Waals surface area contributed by atoms with Crippen LogP contribution in [0.2, 0.25) is 0 Å². The summed E-state index contributed by atoms with van der Waals surface area (Å²) < 4.78 is 0. The van der Waals surface area contributed by atoms with E-state index in [0.29, 0.717) is 17.6 Å². The van der Waals surface area contributed by atoms with Gasteiger partial charge in [-0.25, -0.2) is 0 Å². The average Bonchev–Trinajstić information content (AvgIpc) is 3.12. The smallest absolute Gasteiger partial charge is 0.103 e. The molecule has 0 aliphatic heterocycles. The molecule has 0 aromatic heterocycles. The van der Waals surface area contributed by atoms with Crippen LogP contribution in [-0.4, -0.2) is 34.6 Å². The third-order valence-electron chi connectivity index (χ3n) is 3.21. The van der Waals surface area contributed by atoms with Gasteiger partial charge in [0.05, 0.1) is 6.10 Å². The van der Waals surface area contributed by atoms with Gasteiger partial charge in [-0.15, -0.1) is 0 Å². The molecule has 1 atom stereocenters. The zero-order chi connectivity index (χ0) is 12.4. The number of aliphatic hydroxyl groups is 1. The zero-order valence-corrected chi connectivity index (χ0v) is 10.8. The number of hydrogen-bond donors (Lipinski definition) is 2. The van der Waals surface area contributed by atoms with Gasteiger partial charge in [0.25, 0.3) is 0 Å². The van der Waals surface area contributed by atoms with Crippen LogP contribution in [0.15, 0.2) is 24.3 Å². The van der Waals surface area contributed by atoms with E-state index in [0.717, 1.165) is 11.1 Å². The van der Waals surface area contributed by atoms with Crippen LogP contribution >= 0.6 is 12.2 Å². The maximum Gasteiger partial charge on any atom is 0.103 e. The van der Waals surface area contributed by atoms with E-state index in [9.17, 15) is 5.11 Å². The molecule has 3 N–H and O–H groups in total. The fraction of sp³-hybridized carbons (Fsp3) is 0.462.